The summed E-state index contributed by atoms with van der Waals surface area (Å²) in [5.74, 6) is -0.659. The van der Waals surface area contributed by atoms with Crippen LogP contribution in [0.1, 0.15) is 17.2 Å². The summed E-state index contributed by atoms with van der Waals surface area (Å²) in [5, 5.41) is 10.8. The Morgan fingerprint density at radius 2 is 1.89 bits per heavy atom. The Bertz CT molecular complexity index is 1070. The third-order valence-electron chi connectivity index (χ3n) is 5.48. The van der Waals surface area contributed by atoms with Gasteiger partial charge >= 0.3 is 5.97 Å². The number of aliphatic hydroxyl groups excluding tert-OH is 1. The molecule has 146 valence electrons. The molecule has 0 aromatic heterocycles. The van der Waals surface area contributed by atoms with Crippen molar-refractivity contribution in [1.29, 1.82) is 0 Å². The highest BCUT2D eigenvalue weighted by atomic mass is 32.2. The van der Waals surface area contributed by atoms with E-state index in [9.17, 15) is 18.3 Å². The Morgan fingerprint density at radius 1 is 1.11 bits per heavy atom. The molecule has 28 heavy (non-hydrogen) atoms. The second-order valence-electron chi connectivity index (χ2n) is 7.02. The summed E-state index contributed by atoms with van der Waals surface area (Å²) in [4.78, 5) is 12.2. The van der Waals surface area contributed by atoms with Crippen molar-refractivity contribution in [3.8, 4) is 11.5 Å². The lowest BCUT2D eigenvalue weighted by molar-refractivity contribution is -0.141. The van der Waals surface area contributed by atoms with Crippen LogP contribution in [0.2, 0.25) is 0 Å². The predicted molar refractivity (Wildman–Crippen MR) is 96.4 cm³/mol. The first-order chi connectivity index (χ1) is 13.5. The van der Waals surface area contributed by atoms with Crippen molar-refractivity contribution in [3.05, 3.63) is 47.5 Å². The fourth-order valence-electron chi connectivity index (χ4n) is 4.06. The maximum atomic E-state index is 12.9. The average molecular weight is 403 g/mol. The van der Waals surface area contributed by atoms with E-state index in [0.717, 1.165) is 0 Å². The minimum absolute atomic E-state index is 0.0523. The molecule has 0 saturated carbocycles. The van der Waals surface area contributed by atoms with E-state index in [4.69, 9.17) is 14.2 Å². The number of aliphatic hydroxyl groups is 1. The highest BCUT2D eigenvalue weighted by molar-refractivity contribution is 7.92. The van der Waals surface area contributed by atoms with Crippen LogP contribution in [0.4, 0.5) is 5.69 Å². The third-order valence-corrected chi connectivity index (χ3v) is 6.85. The molecule has 0 bridgehead atoms. The Kier molecular flexibility index (Phi) is 3.78. The van der Waals surface area contributed by atoms with Crippen LogP contribution in [0.15, 0.2) is 41.3 Å². The molecule has 9 heteroatoms. The molecule has 2 aromatic carbocycles. The average Bonchev–Trinajstić information content (AvgIpc) is 3.30. The molecule has 1 saturated heterocycles. The van der Waals surface area contributed by atoms with Gasteiger partial charge in [0.25, 0.3) is 10.0 Å². The van der Waals surface area contributed by atoms with Crippen molar-refractivity contribution in [3.63, 3.8) is 0 Å². The number of cyclic esters (lactones) is 1. The van der Waals surface area contributed by atoms with Gasteiger partial charge in [0.2, 0.25) is 6.79 Å². The van der Waals surface area contributed by atoms with Gasteiger partial charge in [0.1, 0.15) is 0 Å². The Balaban J connectivity index is 1.65. The number of hydrogen-bond acceptors (Lipinski definition) is 7. The van der Waals surface area contributed by atoms with E-state index in [-0.39, 0.29) is 48.0 Å². The Hall–Kier alpha value is -2.78. The Labute approximate surface area is 161 Å². The largest absolute Gasteiger partial charge is 0.465 e. The second kappa shape index (κ2) is 6.11. The van der Waals surface area contributed by atoms with Crippen LogP contribution in [0.3, 0.4) is 0 Å². The van der Waals surface area contributed by atoms with E-state index in [1.807, 2.05) is 0 Å². The molecule has 5 rings (SSSR count). The molecule has 3 atom stereocenters. The van der Waals surface area contributed by atoms with Crippen molar-refractivity contribution in [2.24, 2.45) is 11.8 Å². The number of benzene rings is 2. The molecule has 1 aliphatic carbocycles. The van der Waals surface area contributed by atoms with Crippen molar-refractivity contribution in [1.82, 2.24) is 0 Å². The summed E-state index contributed by atoms with van der Waals surface area (Å²) >= 11 is 0. The van der Waals surface area contributed by atoms with Crippen LogP contribution in [-0.2, 0) is 26.0 Å². The zero-order valence-corrected chi connectivity index (χ0v) is 15.4. The van der Waals surface area contributed by atoms with E-state index in [1.54, 1.807) is 24.3 Å². The summed E-state index contributed by atoms with van der Waals surface area (Å²) in [7, 11) is -3.90. The molecular formula is C19H17NO7S. The van der Waals surface area contributed by atoms with Crippen LogP contribution < -0.4 is 14.2 Å². The van der Waals surface area contributed by atoms with Gasteiger partial charge in [0.05, 0.1) is 29.2 Å². The zero-order valence-electron chi connectivity index (χ0n) is 14.6. The van der Waals surface area contributed by atoms with Gasteiger partial charge in [-0.15, -0.1) is 0 Å². The van der Waals surface area contributed by atoms with E-state index in [2.05, 4.69) is 4.72 Å². The first-order valence-electron chi connectivity index (χ1n) is 8.83. The van der Waals surface area contributed by atoms with Crippen molar-refractivity contribution >= 4 is 21.7 Å². The number of hydrogen-bond donors (Lipinski definition) is 2. The van der Waals surface area contributed by atoms with Gasteiger partial charge in [-0.25, -0.2) is 8.42 Å². The quantitative estimate of drug-likeness (QED) is 0.749. The van der Waals surface area contributed by atoms with Gasteiger partial charge in [-0.2, -0.15) is 0 Å². The summed E-state index contributed by atoms with van der Waals surface area (Å²) in [6.45, 7) is 0.0902. The molecule has 0 spiro atoms. The zero-order chi connectivity index (χ0) is 19.5. The summed E-state index contributed by atoms with van der Waals surface area (Å²) in [5.41, 5.74) is 1.25. The molecule has 0 unspecified atom stereocenters. The number of carbonyl (C=O) groups excluding carboxylic acids is 1. The molecular weight excluding hydrogens is 386 g/mol. The molecule has 2 heterocycles. The fourth-order valence-corrected chi connectivity index (χ4v) is 5.18. The van der Waals surface area contributed by atoms with Gasteiger partial charge < -0.3 is 19.3 Å². The first-order valence-corrected chi connectivity index (χ1v) is 10.3. The molecule has 2 N–H and O–H groups in total. The number of esters is 1. The van der Waals surface area contributed by atoms with Crippen LogP contribution in [0, 0.1) is 11.8 Å². The summed E-state index contributed by atoms with van der Waals surface area (Å²) < 4.78 is 44.4. The van der Waals surface area contributed by atoms with Crippen molar-refractivity contribution in [2.45, 2.75) is 17.4 Å². The smallest absolute Gasteiger partial charge is 0.309 e. The SMILES string of the molecule is O=C1OC[C@H]2[C@H]1Cc1c(cc3c(c1NS(=O)(=O)c1ccccc1)OCO3)[C@@H]2O. The van der Waals surface area contributed by atoms with E-state index in [1.165, 1.54) is 12.1 Å². The molecule has 2 aliphatic heterocycles. The van der Waals surface area contributed by atoms with Crippen LogP contribution in [0.5, 0.6) is 11.5 Å². The Morgan fingerprint density at radius 3 is 2.68 bits per heavy atom. The van der Waals surface area contributed by atoms with Crippen LogP contribution >= 0.6 is 0 Å². The van der Waals surface area contributed by atoms with Gasteiger partial charge in [-0.3, -0.25) is 9.52 Å². The number of fused-ring (bicyclic) bond motifs is 3. The van der Waals surface area contributed by atoms with Gasteiger partial charge in [0.15, 0.2) is 11.5 Å². The topological polar surface area (TPSA) is 111 Å². The first kappa shape index (κ1) is 17.3. The standard InChI is InChI=1S/C19H17NO7S/c21-17-12-7-15-18(27-9-26-15)16(11(12)6-13-14(17)8-25-19(13)22)20-28(23,24)10-4-2-1-3-5-10/h1-5,7,13-14,17,20-21H,6,8-9H2/t13-,14+,17+/m1/s1. The van der Waals surface area contributed by atoms with Crippen LogP contribution in [0.25, 0.3) is 0 Å². The minimum Gasteiger partial charge on any atom is -0.465 e. The molecule has 0 amide bonds. The lowest BCUT2D eigenvalue weighted by Gasteiger charge is -2.31. The third kappa shape index (κ3) is 2.54. The minimum atomic E-state index is -3.90. The lowest BCUT2D eigenvalue weighted by Crippen LogP contribution is -2.31. The maximum absolute atomic E-state index is 12.9. The number of ether oxygens (including phenoxy) is 3. The summed E-state index contributed by atoms with van der Waals surface area (Å²) in [6.07, 6.45) is -0.714. The number of sulfonamides is 1. The lowest BCUT2D eigenvalue weighted by atomic mass is 9.75. The normalized spacial score (nSPS) is 25.0. The number of nitrogens with one attached hydrogen (secondary N) is 1. The second-order valence-corrected chi connectivity index (χ2v) is 8.70. The maximum Gasteiger partial charge on any atom is 0.309 e. The highest BCUT2D eigenvalue weighted by Crippen LogP contribution is 2.51. The number of carbonyl (C=O) groups is 1. The van der Waals surface area contributed by atoms with Crippen molar-refractivity contribution in [2.75, 3.05) is 18.1 Å². The summed E-state index contributed by atoms with van der Waals surface area (Å²) in [6, 6.07) is 9.59. The monoisotopic (exact) mass is 403 g/mol. The molecule has 1 fully saturated rings. The number of rotatable bonds is 3. The van der Waals surface area contributed by atoms with Gasteiger partial charge in [-0.05, 0) is 35.7 Å². The molecule has 0 radical (unpaired) electrons. The highest BCUT2D eigenvalue weighted by Gasteiger charge is 2.47. The predicted octanol–water partition coefficient (Wildman–Crippen LogP) is 1.59. The van der Waals surface area contributed by atoms with E-state index < -0.39 is 22.0 Å². The number of anilines is 1. The molecule has 3 aliphatic rings. The van der Waals surface area contributed by atoms with E-state index in [0.29, 0.717) is 16.9 Å². The van der Waals surface area contributed by atoms with Crippen molar-refractivity contribution < 1.29 is 32.5 Å². The molecule has 8 nitrogen and oxygen atoms in total. The molecule has 2 aromatic rings. The fraction of sp³-hybridized carbons (Fsp3) is 0.316. The van der Waals surface area contributed by atoms with Gasteiger partial charge in [-0.1, -0.05) is 18.2 Å². The van der Waals surface area contributed by atoms with E-state index >= 15 is 0 Å². The van der Waals surface area contributed by atoms with Crippen LogP contribution in [-0.4, -0.2) is 32.9 Å². The van der Waals surface area contributed by atoms with Gasteiger partial charge in [0, 0.05) is 5.92 Å².